The highest BCUT2D eigenvalue weighted by Gasteiger charge is 2.27. The van der Waals surface area contributed by atoms with Gasteiger partial charge < -0.3 is 10.00 Å². The monoisotopic (exact) mass is 353 g/mol. The third-order valence-electron chi connectivity index (χ3n) is 2.95. The summed E-state index contributed by atoms with van der Waals surface area (Å²) in [5, 5.41) is 8.43. The summed E-state index contributed by atoms with van der Waals surface area (Å²) in [6.07, 6.45) is 0.495. The molecule has 1 unspecified atom stereocenters. The minimum absolute atomic E-state index is 0.322. The van der Waals surface area contributed by atoms with Gasteiger partial charge in [0.25, 0.3) is 11.8 Å². The number of carbonyl (C=O) groups excluding carboxylic acids is 2. The van der Waals surface area contributed by atoms with Crippen molar-refractivity contribution in [3.63, 3.8) is 0 Å². The van der Waals surface area contributed by atoms with E-state index in [4.69, 9.17) is 5.11 Å². The van der Waals surface area contributed by atoms with Gasteiger partial charge in [-0.2, -0.15) is 0 Å². The van der Waals surface area contributed by atoms with Gasteiger partial charge in [-0.05, 0) is 0 Å². The number of nitrogens with zero attached hydrogens (tertiary/aromatic N) is 1. The summed E-state index contributed by atoms with van der Waals surface area (Å²) in [4.78, 5) is 43.1. The lowest BCUT2D eigenvalue weighted by atomic mass is 10.5. The second-order valence-corrected chi connectivity index (χ2v) is 9.64. The van der Waals surface area contributed by atoms with E-state index in [1.54, 1.807) is 0 Å². The summed E-state index contributed by atoms with van der Waals surface area (Å²) in [5.74, 6) is -3.56. The van der Waals surface area contributed by atoms with Gasteiger partial charge in [-0.1, -0.05) is 0 Å². The fraction of sp³-hybridized carbons (Fsp3) is 0.545. The van der Waals surface area contributed by atoms with Crippen LogP contribution in [-0.4, -0.2) is 71.5 Å². The molecule has 22 heavy (non-hydrogen) atoms. The topological polar surface area (TPSA) is 146 Å². The van der Waals surface area contributed by atoms with E-state index in [9.17, 15) is 32.3 Å². The predicted octanol–water partition coefficient (Wildman–Crippen LogP) is -0.929. The van der Waals surface area contributed by atoms with E-state index in [0.717, 1.165) is 17.1 Å². The van der Waals surface area contributed by atoms with Crippen LogP contribution in [0.4, 0.5) is 0 Å². The lowest BCUT2D eigenvalue weighted by molar-refractivity contribution is -0.137. The van der Waals surface area contributed by atoms with Gasteiger partial charge in [-0.3, -0.25) is 23.8 Å². The number of carboxylic acids is 1. The predicted molar refractivity (Wildman–Crippen MR) is 76.3 cm³/mol. The van der Waals surface area contributed by atoms with Crippen LogP contribution in [0.3, 0.4) is 0 Å². The van der Waals surface area contributed by atoms with Crippen LogP contribution in [0.2, 0.25) is 0 Å². The summed E-state index contributed by atoms with van der Waals surface area (Å²) in [6, 6.07) is 0. The Morgan fingerprint density at radius 3 is 2.18 bits per heavy atom. The second kappa shape index (κ2) is 7.17. The Morgan fingerprint density at radius 2 is 1.68 bits per heavy atom. The molecule has 0 fully saturated rings. The molecule has 0 bridgehead atoms. The zero-order chi connectivity index (χ0) is 17.0. The van der Waals surface area contributed by atoms with Crippen LogP contribution in [0.25, 0.3) is 0 Å². The molecule has 124 valence electrons. The van der Waals surface area contributed by atoms with Crippen LogP contribution in [0, 0.1) is 0 Å². The highest BCUT2D eigenvalue weighted by molar-refractivity contribution is 7.91. The highest BCUT2D eigenvalue weighted by atomic mass is 32.2. The van der Waals surface area contributed by atoms with Gasteiger partial charge >= 0.3 is 5.97 Å². The van der Waals surface area contributed by atoms with Crippen LogP contribution in [0.5, 0.6) is 0 Å². The number of carboxylic acid groups (broad SMARTS) is 1. The molecule has 0 aromatic rings. The Morgan fingerprint density at radius 1 is 1.14 bits per heavy atom. The molecule has 2 amide bonds. The van der Waals surface area contributed by atoms with E-state index in [2.05, 4.69) is 0 Å². The quantitative estimate of drug-likeness (QED) is 0.399. The number of sulfone groups is 1. The molecule has 0 aromatic heterocycles. The van der Waals surface area contributed by atoms with E-state index in [1.165, 1.54) is 0 Å². The number of carbonyl (C=O) groups is 3. The first-order valence-electron chi connectivity index (χ1n) is 6.29. The summed E-state index contributed by atoms with van der Waals surface area (Å²) in [6.45, 7) is -0.322. The molecule has 1 aliphatic heterocycles. The Labute approximate surface area is 127 Å². The van der Waals surface area contributed by atoms with Gasteiger partial charge in [0.2, 0.25) is 7.37 Å². The molecule has 0 spiro atoms. The number of rotatable bonds is 9. The molecular formula is C11H16NO8PS. The molecule has 9 nitrogen and oxygen atoms in total. The first-order valence-corrected chi connectivity index (χ1v) is 10.1. The second-order valence-electron chi connectivity index (χ2n) is 4.75. The Hall–Kier alpha value is -1.51. The van der Waals surface area contributed by atoms with Crippen LogP contribution in [0.15, 0.2) is 12.2 Å². The fourth-order valence-corrected chi connectivity index (χ4v) is 5.33. The van der Waals surface area contributed by atoms with Crippen LogP contribution < -0.4 is 0 Å². The number of imide groups is 1. The first-order chi connectivity index (χ1) is 10.0. The van der Waals surface area contributed by atoms with Crippen molar-refractivity contribution in [3.05, 3.63) is 12.2 Å². The maximum absolute atomic E-state index is 11.8. The average Bonchev–Trinajstić information content (AvgIpc) is 2.72. The molecule has 11 heteroatoms. The smallest absolute Gasteiger partial charge is 0.303 e. The average molecular weight is 353 g/mol. The molecule has 2 N–H and O–H groups in total. The Balaban J connectivity index is 2.47. The molecule has 1 rings (SSSR count). The van der Waals surface area contributed by atoms with Crippen molar-refractivity contribution in [2.45, 2.75) is 6.42 Å². The molecule has 0 aromatic carbocycles. The van der Waals surface area contributed by atoms with Gasteiger partial charge in [0.1, 0.15) is 0 Å². The summed E-state index contributed by atoms with van der Waals surface area (Å²) < 4.78 is 35.2. The first kappa shape index (κ1) is 18.5. The van der Waals surface area contributed by atoms with Crippen molar-refractivity contribution in [2.75, 3.05) is 30.4 Å². The zero-order valence-electron chi connectivity index (χ0n) is 11.5. The van der Waals surface area contributed by atoms with Crippen LogP contribution in [0.1, 0.15) is 6.42 Å². The van der Waals surface area contributed by atoms with Gasteiger partial charge in [-0.15, -0.1) is 0 Å². The van der Waals surface area contributed by atoms with Crippen molar-refractivity contribution >= 4 is 35.0 Å². The van der Waals surface area contributed by atoms with Crippen molar-refractivity contribution in [2.24, 2.45) is 0 Å². The Bertz CT molecular complexity index is 635. The van der Waals surface area contributed by atoms with E-state index in [-0.39, 0.29) is 6.54 Å². The third-order valence-corrected chi connectivity index (χ3v) is 6.73. The standard InChI is InChI=1S/C11H16NO8PS/c13-9-1-2-10(14)12(9)4-7-22(19,20)8-6-21(17,18)5-3-11(15)16/h1-2H,3-8H2,(H,15,16)(H,17,18). The molecule has 1 aliphatic rings. The zero-order valence-corrected chi connectivity index (χ0v) is 13.3. The van der Waals surface area contributed by atoms with Gasteiger partial charge in [0.05, 0.1) is 17.9 Å². The summed E-state index contributed by atoms with van der Waals surface area (Å²) >= 11 is 0. The maximum Gasteiger partial charge on any atom is 0.303 e. The number of amides is 2. The van der Waals surface area contributed by atoms with Gasteiger partial charge in [0.15, 0.2) is 9.84 Å². The molecule has 1 atom stereocenters. The van der Waals surface area contributed by atoms with E-state index in [1.807, 2.05) is 0 Å². The molecule has 0 saturated heterocycles. The fourth-order valence-electron chi connectivity index (χ4n) is 1.65. The summed E-state index contributed by atoms with van der Waals surface area (Å²) in [7, 11) is -7.58. The van der Waals surface area contributed by atoms with Crippen LogP contribution >= 0.6 is 7.37 Å². The SMILES string of the molecule is O=C(O)CCP(=O)(O)CCS(=O)(=O)CCN1C(=O)C=CC1=O. The molecule has 1 heterocycles. The summed E-state index contributed by atoms with van der Waals surface area (Å²) in [5.41, 5.74) is 0. The number of hydrogen-bond acceptors (Lipinski definition) is 6. The van der Waals surface area contributed by atoms with Crippen molar-refractivity contribution in [3.8, 4) is 0 Å². The van der Waals surface area contributed by atoms with E-state index in [0.29, 0.717) is 0 Å². The van der Waals surface area contributed by atoms with E-state index < -0.39 is 65.2 Å². The minimum atomic E-state index is -3.84. The van der Waals surface area contributed by atoms with E-state index >= 15 is 0 Å². The normalized spacial score (nSPS) is 17.8. The molecule has 0 radical (unpaired) electrons. The van der Waals surface area contributed by atoms with Gasteiger partial charge in [0, 0.05) is 31.0 Å². The lowest BCUT2D eigenvalue weighted by Crippen LogP contribution is -2.35. The lowest BCUT2D eigenvalue weighted by Gasteiger charge is -2.14. The van der Waals surface area contributed by atoms with Crippen molar-refractivity contribution in [1.29, 1.82) is 0 Å². The largest absolute Gasteiger partial charge is 0.481 e. The Kier molecular flexibility index (Phi) is 6.04. The van der Waals surface area contributed by atoms with Crippen molar-refractivity contribution < 1.29 is 37.4 Å². The molecule has 0 saturated carbocycles. The van der Waals surface area contributed by atoms with Crippen molar-refractivity contribution in [1.82, 2.24) is 4.90 Å². The highest BCUT2D eigenvalue weighted by Crippen LogP contribution is 2.40. The number of aliphatic carboxylic acids is 1. The molecule has 0 aliphatic carbocycles. The van der Waals surface area contributed by atoms with Gasteiger partial charge in [-0.25, -0.2) is 8.42 Å². The maximum atomic E-state index is 11.8. The molecular weight excluding hydrogens is 337 g/mol. The van der Waals surface area contributed by atoms with Crippen LogP contribution in [-0.2, 0) is 28.8 Å². The minimum Gasteiger partial charge on any atom is -0.481 e. The number of hydrogen-bond donors (Lipinski definition) is 2. The third kappa shape index (κ3) is 6.08.